The number of hydrazone groups is 1. The van der Waals surface area contributed by atoms with Crippen LogP contribution in [0.15, 0.2) is 41.5 Å². The first kappa shape index (κ1) is 22.7. The van der Waals surface area contributed by atoms with Gasteiger partial charge >= 0.3 is 11.9 Å². The Balaban J connectivity index is 2.17. The van der Waals surface area contributed by atoms with Gasteiger partial charge < -0.3 is 19.7 Å². The van der Waals surface area contributed by atoms with Crippen molar-refractivity contribution in [1.29, 1.82) is 0 Å². The van der Waals surface area contributed by atoms with Crippen LogP contribution < -0.4 is 9.47 Å². The zero-order chi connectivity index (χ0) is 22.1. The van der Waals surface area contributed by atoms with E-state index in [1.807, 2.05) is 20.8 Å². The molecule has 30 heavy (non-hydrogen) atoms. The predicted octanol–water partition coefficient (Wildman–Crippen LogP) is 3.09. The van der Waals surface area contributed by atoms with E-state index in [1.165, 1.54) is 6.21 Å². The van der Waals surface area contributed by atoms with Gasteiger partial charge in [0.15, 0.2) is 11.5 Å². The number of nitrogens with zero attached hydrogens (tertiary/aromatic N) is 2. The molecular formula is C22H26N2O6. The quantitative estimate of drug-likeness (QED) is 0.430. The number of hydrogen-bond acceptors (Lipinski definition) is 6. The molecule has 0 unspecified atom stereocenters. The molecule has 8 nitrogen and oxygen atoms in total. The van der Waals surface area contributed by atoms with Crippen molar-refractivity contribution in [2.75, 3.05) is 19.7 Å². The van der Waals surface area contributed by atoms with Gasteiger partial charge in [-0.05, 0) is 55.7 Å². The molecular weight excluding hydrogens is 388 g/mol. The van der Waals surface area contributed by atoms with E-state index in [4.69, 9.17) is 19.7 Å². The summed E-state index contributed by atoms with van der Waals surface area (Å²) in [6.07, 6.45) is 1.39. The van der Waals surface area contributed by atoms with Crippen LogP contribution in [-0.2, 0) is 16.2 Å². The van der Waals surface area contributed by atoms with Crippen molar-refractivity contribution in [3.8, 4) is 11.5 Å². The lowest BCUT2D eigenvalue weighted by atomic mass is 10.1. The average Bonchev–Trinajstić information content (AvgIpc) is 2.67. The van der Waals surface area contributed by atoms with Crippen molar-refractivity contribution in [2.24, 2.45) is 5.10 Å². The van der Waals surface area contributed by atoms with Gasteiger partial charge in [-0.15, -0.1) is 0 Å². The molecule has 0 aliphatic carbocycles. The van der Waals surface area contributed by atoms with E-state index in [1.54, 1.807) is 18.2 Å². The molecule has 0 amide bonds. The molecule has 2 rings (SSSR count). The number of carboxylic acid groups (broad SMARTS) is 2. The molecule has 2 N–H and O–H groups in total. The van der Waals surface area contributed by atoms with Gasteiger partial charge in [-0.3, -0.25) is 14.6 Å². The van der Waals surface area contributed by atoms with Gasteiger partial charge in [0.1, 0.15) is 19.7 Å². The lowest BCUT2D eigenvalue weighted by molar-refractivity contribution is -0.141. The van der Waals surface area contributed by atoms with Crippen molar-refractivity contribution < 1.29 is 29.3 Å². The molecule has 0 bridgehead atoms. The highest BCUT2D eigenvalue weighted by Gasteiger charge is 2.11. The van der Waals surface area contributed by atoms with Crippen LogP contribution in [0.4, 0.5) is 0 Å². The second-order valence-electron chi connectivity index (χ2n) is 6.71. The number of carboxylic acids is 2. The Bertz CT molecular complexity index is 910. The van der Waals surface area contributed by atoms with E-state index in [0.29, 0.717) is 30.3 Å². The Morgan fingerprint density at radius 3 is 2.33 bits per heavy atom. The van der Waals surface area contributed by atoms with Crippen LogP contribution in [0.3, 0.4) is 0 Å². The van der Waals surface area contributed by atoms with Gasteiger partial charge in [-0.1, -0.05) is 23.8 Å². The third kappa shape index (κ3) is 7.12. The number of ether oxygens (including phenoxy) is 2. The van der Waals surface area contributed by atoms with E-state index in [0.717, 1.165) is 21.7 Å². The van der Waals surface area contributed by atoms with E-state index in [9.17, 15) is 9.59 Å². The molecule has 0 spiro atoms. The van der Waals surface area contributed by atoms with Crippen molar-refractivity contribution in [3.05, 3.63) is 58.7 Å². The smallest absolute Gasteiger partial charge is 0.324 e. The van der Waals surface area contributed by atoms with Crippen LogP contribution in [0.1, 0.15) is 29.2 Å². The summed E-state index contributed by atoms with van der Waals surface area (Å²) >= 11 is 0. The number of carbonyl (C=O) groups is 2. The Hall–Kier alpha value is -3.55. The second-order valence-corrected chi connectivity index (χ2v) is 6.71. The highest BCUT2D eigenvalue weighted by molar-refractivity contribution is 5.81. The average molecular weight is 414 g/mol. The Morgan fingerprint density at radius 1 is 1.00 bits per heavy atom. The van der Waals surface area contributed by atoms with Gasteiger partial charge in [0.25, 0.3) is 0 Å². The van der Waals surface area contributed by atoms with Crippen LogP contribution >= 0.6 is 0 Å². The van der Waals surface area contributed by atoms with Crippen LogP contribution in [-0.4, -0.2) is 53.1 Å². The van der Waals surface area contributed by atoms with Crippen LogP contribution in [0.2, 0.25) is 0 Å². The summed E-state index contributed by atoms with van der Waals surface area (Å²) < 4.78 is 11.6. The summed E-state index contributed by atoms with van der Waals surface area (Å²) in [5.41, 5.74) is 4.00. The van der Waals surface area contributed by atoms with Crippen molar-refractivity contribution in [2.45, 2.75) is 27.4 Å². The fourth-order valence-electron chi connectivity index (χ4n) is 2.70. The summed E-state index contributed by atoms with van der Waals surface area (Å²) in [5, 5.41) is 22.7. The third-order valence-corrected chi connectivity index (χ3v) is 4.16. The van der Waals surface area contributed by atoms with Gasteiger partial charge in [-0.2, -0.15) is 5.10 Å². The molecule has 160 valence electrons. The maximum Gasteiger partial charge on any atom is 0.324 e. The SMILES string of the molecule is CCOc1cc(/C=N\N(CC(=O)O)CC(=O)O)ccc1OCc1cc(C)ccc1C. The van der Waals surface area contributed by atoms with Crippen molar-refractivity contribution >= 4 is 18.2 Å². The molecule has 0 atom stereocenters. The fraction of sp³-hybridized carbons (Fsp3) is 0.318. The summed E-state index contributed by atoms with van der Waals surface area (Å²) in [6.45, 7) is 5.71. The molecule has 8 heteroatoms. The molecule has 2 aromatic rings. The number of hydrogen-bond donors (Lipinski definition) is 2. The molecule has 0 aliphatic rings. The topological polar surface area (TPSA) is 109 Å². The van der Waals surface area contributed by atoms with E-state index >= 15 is 0 Å². The Morgan fingerprint density at radius 2 is 1.70 bits per heavy atom. The third-order valence-electron chi connectivity index (χ3n) is 4.16. The summed E-state index contributed by atoms with van der Waals surface area (Å²) in [5.74, 6) is -1.24. The monoisotopic (exact) mass is 414 g/mol. The molecule has 0 fully saturated rings. The molecule has 0 aliphatic heterocycles. The first-order valence-corrected chi connectivity index (χ1v) is 9.46. The van der Waals surface area contributed by atoms with E-state index in [-0.39, 0.29) is 0 Å². The maximum atomic E-state index is 10.9. The van der Waals surface area contributed by atoms with Crippen LogP contribution in [0.25, 0.3) is 0 Å². The predicted molar refractivity (Wildman–Crippen MR) is 112 cm³/mol. The minimum absolute atomic E-state index is 0.395. The summed E-state index contributed by atoms with van der Waals surface area (Å²) in [7, 11) is 0. The largest absolute Gasteiger partial charge is 0.490 e. The fourth-order valence-corrected chi connectivity index (χ4v) is 2.70. The molecule has 0 aromatic heterocycles. The van der Waals surface area contributed by atoms with Gasteiger partial charge in [0.05, 0.1) is 12.8 Å². The standard InChI is InChI=1S/C22H26N2O6/c1-4-29-20-10-17(11-23-24(12-21(25)26)13-22(27)28)7-8-19(20)30-14-18-9-15(2)5-6-16(18)3/h5-11H,4,12-14H2,1-3H3,(H,25,26)(H,27,28)/b23-11-. The highest BCUT2D eigenvalue weighted by Crippen LogP contribution is 2.29. The Kier molecular flexibility index (Phi) is 8.22. The van der Waals surface area contributed by atoms with Crippen LogP contribution in [0, 0.1) is 13.8 Å². The van der Waals surface area contributed by atoms with E-state index in [2.05, 4.69) is 23.3 Å². The van der Waals surface area contributed by atoms with Crippen molar-refractivity contribution in [1.82, 2.24) is 5.01 Å². The maximum absolute atomic E-state index is 10.9. The highest BCUT2D eigenvalue weighted by atomic mass is 16.5. The normalized spacial score (nSPS) is 10.8. The number of benzene rings is 2. The molecule has 0 saturated carbocycles. The lowest BCUT2D eigenvalue weighted by Crippen LogP contribution is -2.30. The molecule has 0 radical (unpaired) electrons. The summed E-state index contributed by atoms with van der Waals surface area (Å²) in [6, 6.07) is 11.4. The first-order chi connectivity index (χ1) is 14.3. The molecule has 0 heterocycles. The zero-order valence-corrected chi connectivity index (χ0v) is 17.3. The molecule has 2 aromatic carbocycles. The minimum atomic E-state index is -1.17. The minimum Gasteiger partial charge on any atom is -0.490 e. The van der Waals surface area contributed by atoms with Crippen molar-refractivity contribution in [3.63, 3.8) is 0 Å². The summed E-state index contributed by atoms with van der Waals surface area (Å²) in [4.78, 5) is 21.8. The molecule has 0 saturated heterocycles. The number of aryl methyl sites for hydroxylation is 2. The second kappa shape index (κ2) is 10.8. The van der Waals surface area contributed by atoms with Gasteiger partial charge in [-0.25, -0.2) is 0 Å². The first-order valence-electron chi connectivity index (χ1n) is 9.46. The van der Waals surface area contributed by atoms with E-state index < -0.39 is 25.0 Å². The lowest BCUT2D eigenvalue weighted by Gasteiger charge is -2.15. The van der Waals surface area contributed by atoms with Gasteiger partial charge in [0, 0.05) is 0 Å². The Labute approximate surface area is 175 Å². The van der Waals surface area contributed by atoms with Gasteiger partial charge in [0.2, 0.25) is 0 Å². The number of aliphatic carboxylic acids is 2. The van der Waals surface area contributed by atoms with Crippen LogP contribution in [0.5, 0.6) is 11.5 Å². The number of rotatable bonds is 11. The zero-order valence-electron chi connectivity index (χ0n) is 17.3.